The lowest BCUT2D eigenvalue weighted by Gasteiger charge is -2.17. The predicted octanol–water partition coefficient (Wildman–Crippen LogP) is 3.19. The number of aromatic nitrogens is 1. The Bertz CT molecular complexity index is 606. The number of nitrogens with zero attached hydrogens (tertiary/aromatic N) is 1. The average Bonchev–Trinajstić information content (AvgIpc) is 2.46. The topological polar surface area (TPSA) is 42.4 Å². The first-order chi connectivity index (χ1) is 9.90. The summed E-state index contributed by atoms with van der Waals surface area (Å²) in [6.07, 6.45) is -3.62. The molecule has 1 N–H and O–H groups in total. The van der Waals surface area contributed by atoms with Gasteiger partial charge in [-0.15, -0.1) is 0 Å². The predicted molar refractivity (Wildman–Crippen MR) is 68.5 cm³/mol. The zero-order valence-corrected chi connectivity index (χ0v) is 10.8. The maximum absolute atomic E-state index is 12.6. The molecule has 0 aliphatic rings. The molecule has 0 spiro atoms. The highest BCUT2D eigenvalue weighted by Crippen LogP contribution is 2.24. The van der Waals surface area contributed by atoms with E-state index in [-0.39, 0.29) is 0 Å². The molecule has 0 saturated heterocycles. The van der Waals surface area contributed by atoms with Crippen LogP contribution in [0.2, 0.25) is 0 Å². The Labute approximate surface area is 118 Å². The number of benzene rings is 1. The SMILES string of the molecule is OC(COCC(F)(F)C(F)F)c1cnc2ccccc2c1. The van der Waals surface area contributed by atoms with Gasteiger partial charge in [0.15, 0.2) is 0 Å². The summed E-state index contributed by atoms with van der Waals surface area (Å²) in [4.78, 5) is 4.10. The number of para-hydroxylation sites is 1. The number of alkyl halides is 4. The highest BCUT2D eigenvalue weighted by molar-refractivity contribution is 5.78. The van der Waals surface area contributed by atoms with Crippen LogP contribution in [0.15, 0.2) is 36.5 Å². The van der Waals surface area contributed by atoms with Crippen molar-refractivity contribution in [3.63, 3.8) is 0 Å². The van der Waals surface area contributed by atoms with Crippen LogP contribution in [0.1, 0.15) is 11.7 Å². The quantitative estimate of drug-likeness (QED) is 0.833. The van der Waals surface area contributed by atoms with Crippen LogP contribution in [-0.4, -0.2) is 35.7 Å². The molecule has 1 heterocycles. The molecule has 1 unspecified atom stereocenters. The summed E-state index contributed by atoms with van der Waals surface area (Å²) in [6.45, 7) is -1.95. The molecule has 2 aromatic rings. The molecule has 0 aliphatic carbocycles. The Morgan fingerprint density at radius 3 is 2.67 bits per heavy atom. The molecule has 0 bridgehead atoms. The smallest absolute Gasteiger partial charge is 0.330 e. The van der Waals surface area contributed by atoms with Crippen molar-refractivity contribution in [2.45, 2.75) is 18.5 Å². The normalized spacial score (nSPS) is 13.8. The minimum absolute atomic E-state index is 0.370. The van der Waals surface area contributed by atoms with E-state index in [4.69, 9.17) is 0 Å². The van der Waals surface area contributed by atoms with Gasteiger partial charge < -0.3 is 9.84 Å². The van der Waals surface area contributed by atoms with Crippen LogP contribution in [-0.2, 0) is 4.74 Å². The summed E-state index contributed by atoms with van der Waals surface area (Å²) < 4.78 is 53.6. The van der Waals surface area contributed by atoms with E-state index in [2.05, 4.69) is 9.72 Å². The zero-order valence-electron chi connectivity index (χ0n) is 10.8. The van der Waals surface area contributed by atoms with Gasteiger partial charge in [-0.2, -0.15) is 8.78 Å². The number of hydrogen-bond donors (Lipinski definition) is 1. The lowest BCUT2D eigenvalue weighted by Crippen LogP contribution is -2.33. The molecular weight excluding hydrogens is 290 g/mol. The number of halogens is 4. The van der Waals surface area contributed by atoms with Gasteiger partial charge in [0, 0.05) is 17.1 Å². The van der Waals surface area contributed by atoms with E-state index in [0.717, 1.165) is 10.9 Å². The Hall–Kier alpha value is -1.73. The van der Waals surface area contributed by atoms with Gasteiger partial charge in [-0.25, -0.2) is 8.78 Å². The number of ether oxygens (including phenoxy) is 1. The van der Waals surface area contributed by atoms with E-state index in [0.29, 0.717) is 5.56 Å². The fourth-order valence-electron chi connectivity index (χ4n) is 1.74. The lowest BCUT2D eigenvalue weighted by molar-refractivity contribution is -0.170. The monoisotopic (exact) mass is 303 g/mol. The Morgan fingerprint density at radius 2 is 1.95 bits per heavy atom. The van der Waals surface area contributed by atoms with E-state index in [1.165, 1.54) is 6.20 Å². The van der Waals surface area contributed by atoms with Gasteiger partial charge in [-0.3, -0.25) is 4.98 Å². The third kappa shape index (κ3) is 3.89. The summed E-state index contributed by atoms with van der Waals surface area (Å²) in [6, 6.07) is 8.80. The second-order valence-electron chi connectivity index (χ2n) is 4.55. The van der Waals surface area contributed by atoms with Crippen LogP contribution >= 0.6 is 0 Å². The van der Waals surface area contributed by atoms with Crippen LogP contribution in [0.25, 0.3) is 10.9 Å². The van der Waals surface area contributed by atoms with Crippen LogP contribution in [0.3, 0.4) is 0 Å². The Morgan fingerprint density at radius 1 is 1.24 bits per heavy atom. The molecule has 0 amide bonds. The minimum atomic E-state index is -4.22. The summed E-state index contributed by atoms with van der Waals surface area (Å²) in [7, 11) is 0. The van der Waals surface area contributed by atoms with Crippen LogP contribution < -0.4 is 0 Å². The van der Waals surface area contributed by atoms with Crippen molar-refractivity contribution in [3.05, 3.63) is 42.1 Å². The van der Waals surface area contributed by atoms with E-state index in [1.807, 2.05) is 0 Å². The number of fused-ring (bicyclic) bond motifs is 1. The molecule has 0 fully saturated rings. The van der Waals surface area contributed by atoms with E-state index in [1.54, 1.807) is 30.3 Å². The number of pyridine rings is 1. The van der Waals surface area contributed by atoms with Gasteiger partial charge in [0.2, 0.25) is 0 Å². The molecule has 21 heavy (non-hydrogen) atoms. The molecule has 7 heteroatoms. The fourth-order valence-corrected chi connectivity index (χ4v) is 1.74. The molecule has 0 aliphatic heterocycles. The second-order valence-corrected chi connectivity index (χ2v) is 4.55. The minimum Gasteiger partial charge on any atom is -0.386 e. The van der Waals surface area contributed by atoms with E-state index < -0.39 is 31.7 Å². The number of rotatable bonds is 6. The van der Waals surface area contributed by atoms with Crippen LogP contribution in [0.5, 0.6) is 0 Å². The first-order valence-corrected chi connectivity index (χ1v) is 6.16. The van der Waals surface area contributed by atoms with Crippen molar-refractivity contribution in [1.29, 1.82) is 0 Å². The average molecular weight is 303 g/mol. The third-order valence-corrected chi connectivity index (χ3v) is 2.89. The zero-order chi connectivity index (χ0) is 15.5. The fraction of sp³-hybridized carbons (Fsp3) is 0.357. The first kappa shape index (κ1) is 15.7. The van der Waals surface area contributed by atoms with Crippen LogP contribution in [0, 0.1) is 0 Å². The summed E-state index contributed by atoms with van der Waals surface area (Å²) in [5, 5.41) is 10.6. The molecule has 1 aromatic heterocycles. The molecule has 0 radical (unpaired) electrons. The molecule has 0 saturated carbocycles. The van der Waals surface area contributed by atoms with Gasteiger partial charge in [0.1, 0.15) is 12.7 Å². The molecule has 2 rings (SSSR count). The van der Waals surface area contributed by atoms with Gasteiger partial charge in [-0.1, -0.05) is 18.2 Å². The maximum Gasteiger partial charge on any atom is 0.330 e. The third-order valence-electron chi connectivity index (χ3n) is 2.89. The largest absolute Gasteiger partial charge is 0.386 e. The number of aliphatic hydroxyl groups excluding tert-OH is 1. The van der Waals surface area contributed by atoms with Gasteiger partial charge in [-0.05, 0) is 12.1 Å². The van der Waals surface area contributed by atoms with Gasteiger partial charge in [0.05, 0.1) is 12.1 Å². The van der Waals surface area contributed by atoms with E-state index in [9.17, 15) is 22.7 Å². The van der Waals surface area contributed by atoms with Crippen molar-refractivity contribution >= 4 is 10.9 Å². The number of hydrogen-bond acceptors (Lipinski definition) is 3. The van der Waals surface area contributed by atoms with Crippen molar-refractivity contribution < 1.29 is 27.4 Å². The van der Waals surface area contributed by atoms with E-state index >= 15 is 0 Å². The maximum atomic E-state index is 12.6. The first-order valence-electron chi connectivity index (χ1n) is 6.16. The Balaban J connectivity index is 1.97. The summed E-state index contributed by atoms with van der Waals surface area (Å²) in [5.74, 6) is -4.22. The lowest BCUT2D eigenvalue weighted by atomic mass is 10.1. The molecule has 3 nitrogen and oxygen atoms in total. The van der Waals surface area contributed by atoms with Crippen molar-refractivity contribution in [3.8, 4) is 0 Å². The highest BCUT2D eigenvalue weighted by Gasteiger charge is 2.41. The highest BCUT2D eigenvalue weighted by atomic mass is 19.3. The standard InChI is InChI=1S/C14H13F4NO2/c15-13(16)14(17,18)8-21-7-12(20)10-5-9-3-1-2-4-11(9)19-6-10/h1-6,12-13,20H,7-8H2. The second kappa shape index (κ2) is 6.36. The number of aliphatic hydroxyl groups is 1. The Kier molecular flexibility index (Phi) is 4.74. The molecular formula is C14H13F4NO2. The summed E-state index contributed by atoms with van der Waals surface area (Å²) >= 11 is 0. The molecule has 114 valence electrons. The van der Waals surface area contributed by atoms with Crippen LogP contribution in [0.4, 0.5) is 17.6 Å². The van der Waals surface area contributed by atoms with Gasteiger partial charge >= 0.3 is 12.3 Å². The van der Waals surface area contributed by atoms with Gasteiger partial charge in [0.25, 0.3) is 0 Å². The molecule has 1 aromatic carbocycles. The van der Waals surface area contributed by atoms with Crippen molar-refractivity contribution in [2.24, 2.45) is 0 Å². The van der Waals surface area contributed by atoms with Crippen molar-refractivity contribution in [2.75, 3.05) is 13.2 Å². The van der Waals surface area contributed by atoms with Crippen molar-refractivity contribution in [1.82, 2.24) is 4.98 Å². The summed E-state index contributed by atoms with van der Waals surface area (Å²) in [5.41, 5.74) is 1.09. The molecule has 1 atom stereocenters.